The lowest BCUT2D eigenvalue weighted by Crippen LogP contribution is -2.23. The molecule has 1 saturated heterocycles. The Morgan fingerprint density at radius 3 is 1.68 bits per heavy atom. The Balaban J connectivity index is 1.87. The second kappa shape index (κ2) is 6.00. The lowest BCUT2D eigenvalue weighted by molar-refractivity contribution is -0.173. The Kier molecular flexibility index (Phi) is 3.92. The van der Waals surface area contributed by atoms with E-state index in [4.69, 9.17) is 4.84 Å². The second-order valence-corrected chi connectivity index (χ2v) is 4.94. The highest BCUT2D eigenvalue weighted by Gasteiger charge is 2.21. The molecule has 3 rings (SSSR count). The van der Waals surface area contributed by atoms with Crippen LogP contribution in [0.3, 0.4) is 0 Å². The van der Waals surface area contributed by atoms with Crippen LogP contribution in [-0.2, 0) is 4.84 Å². The van der Waals surface area contributed by atoms with Gasteiger partial charge in [0.15, 0.2) is 0 Å². The number of benzene rings is 2. The maximum atomic E-state index is 6.22. The van der Waals surface area contributed by atoms with Crippen molar-refractivity contribution in [3.8, 4) is 0 Å². The lowest BCUT2D eigenvalue weighted by Gasteiger charge is -2.24. The van der Waals surface area contributed by atoms with Gasteiger partial charge >= 0.3 is 0 Å². The summed E-state index contributed by atoms with van der Waals surface area (Å²) in [5.74, 6) is 0. The first-order valence-electron chi connectivity index (χ1n) is 6.95. The molecule has 2 nitrogen and oxygen atoms in total. The van der Waals surface area contributed by atoms with Gasteiger partial charge in [-0.3, -0.25) is 4.84 Å². The van der Waals surface area contributed by atoms with E-state index in [1.54, 1.807) is 0 Å². The number of hydrogen-bond acceptors (Lipinski definition) is 2. The first kappa shape index (κ1) is 12.4. The molecular weight excluding hydrogens is 234 g/mol. The monoisotopic (exact) mass is 253 g/mol. The third-order valence-corrected chi connectivity index (χ3v) is 3.52. The summed E-state index contributed by atoms with van der Waals surface area (Å²) in [5, 5.41) is 2.10. The minimum absolute atomic E-state index is 0.000463. The smallest absolute Gasteiger partial charge is 0.129 e. The highest BCUT2D eigenvalue weighted by atomic mass is 16.7. The Morgan fingerprint density at radius 1 is 0.737 bits per heavy atom. The number of hydroxylamine groups is 2. The quantitative estimate of drug-likeness (QED) is 0.821. The molecule has 2 aromatic carbocycles. The van der Waals surface area contributed by atoms with Crippen LogP contribution in [0.25, 0.3) is 0 Å². The van der Waals surface area contributed by atoms with Crippen molar-refractivity contribution in [1.82, 2.24) is 5.06 Å². The van der Waals surface area contributed by atoms with E-state index in [9.17, 15) is 0 Å². The molecule has 0 spiro atoms. The molecule has 0 saturated carbocycles. The average Bonchev–Trinajstić information content (AvgIpc) is 3.00. The third kappa shape index (κ3) is 3.03. The van der Waals surface area contributed by atoms with Crippen LogP contribution in [0.15, 0.2) is 60.7 Å². The van der Waals surface area contributed by atoms with Crippen LogP contribution in [0.4, 0.5) is 0 Å². The molecule has 1 aliphatic heterocycles. The van der Waals surface area contributed by atoms with E-state index in [1.165, 1.54) is 24.0 Å². The van der Waals surface area contributed by atoms with Crippen LogP contribution >= 0.6 is 0 Å². The first-order valence-corrected chi connectivity index (χ1v) is 6.95. The maximum Gasteiger partial charge on any atom is 0.129 e. The van der Waals surface area contributed by atoms with Gasteiger partial charge in [-0.15, -0.1) is 0 Å². The molecule has 0 radical (unpaired) electrons. The van der Waals surface area contributed by atoms with Gasteiger partial charge in [0.2, 0.25) is 0 Å². The van der Waals surface area contributed by atoms with Crippen molar-refractivity contribution in [2.45, 2.75) is 18.9 Å². The normalized spacial score (nSPS) is 16.1. The highest BCUT2D eigenvalue weighted by Crippen LogP contribution is 2.28. The van der Waals surface area contributed by atoms with Crippen molar-refractivity contribution in [1.29, 1.82) is 0 Å². The van der Waals surface area contributed by atoms with Crippen molar-refractivity contribution in [2.24, 2.45) is 0 Å². The molecule has 1 heterocycles. The van der Waals surface area contributed by atoms with Crippen molar-refractivity contribution in [3.05, 3.63) is 71.8 Å². The van der Waals surface area contributed by atoms with Gasteiger partial charge in [-0.1, -0.05) is 60.7 Å². The second-order valence-electron chi connectivity index (χ2n) is 4.94. The summed E-state index contributed by atoms with van der Waals surface area (Å²) >= 11 is 0. The topological polar surface area (TPSA) is 12.5 Å². The van der Waals surface area contributed by atoms with Gasteiger partial charge in [0.05, 0.1) is 0 Å². The zero-order valence-corrected chi connectivity index (χ0v) is 11.0. The van der Waals surface area contributed by atoms with E-state index in [2.05, 4.69) is 53.6 Å². The Bertz CT molecular complexity index is 452. The molecule has 0 bridgehead atoms. The van der Waals surface area contributed by atoms with Gasteiger partial charge in [0, 0.05) is 13.1 Å². The molecule has 0 N–H and O–H groups in total. The molecule has 0 amide bonds. The number of nitrogens with zero attached hydrogens (tertiary/aromatic N) is 1. The molecule has 0 atom stereocenters. The van der Waals surface area contributed by atoms with Crippen molar-refractivity contribution in [3.63, 3.8) is 0 Å². The van der Waals surface area contributed by atoms with E-state index >= 15 is 0 Å². The van der Waals surface area contributed by atoms with Crippen LogP contribution in [0.2, 0.25) is 0 Å². The Labute approximate surface area is 114 Å². The van der Waals surface area contributed by atoms with E-state index in [0.717, 1.165) is 13.1 Å². The van der Waals surface area contributed by atoms with Crippen LogP contribution < -0.4 is 0 Å². The fourth-order valence-electron chi connectivity index (χ4n) is 2.51. The largest absolute Gasteiger partial charge is 0.286 e. The predicted octanol–water partition coefficient (Wildman–Crippen LogP) is 3.80. The fraction of sp³-hybridized carbons (Fsp3) is 0.294. The minimum atomic E-state index is 0.000463. The van der Waals surface area contributed by atoms with Crippen LogP contribution in [0.1, 0.15) is 30.1 Å². The van der Waals surface area contributed by atoms with Crippen LogP contribution in [0, 0.1) is 0 Å². The van der Waals surface area contributed by atoms with Crippen LogP contribution in [0.5, 0.6) is 0 Å². The SMILES string of the molecule is c1ccc(C(ON2CCCC2)c2ccccc2)cc1. The van der Waals surface area contributed by atoms with Crippen molar-refractivity contribution in [2.75, 3.05) is 13.1 Å². The van der Waals surface area contributed by atoms with Crippen LogP contribution in [-0.4, -0.2) is 18.2 Å². The van der Waals surface area contributed by atoms with Crippen molar-refractivity contribution >= 4 is 0 Å². The molecule has 1 aliphatic rings. The molecule has 0 unspecified atom stereocenters. The lowest BCUT2D eigenvalue weighted by atomic mass is 10.0. The number of hydrogen-bond donors (Lipinski definition) is 0. The van der Waals surface area contributed by atoms with Gasteiger partial charge in [0.25, 0.3) is 0 Å². The van der Waals surface area contributed by atoms with Gasteiger partial charge in [-0.2, -0.15) is 5.06 Å². The van der Waals surface area contributed by atoms with E-state index < -0.39 is 0 Å². The summed E-state index contributed by atoms with van der Waals surface area (Å²) in [4.78, 5) is 6.22. The van der Waals surface area contributed by atoms with Gasteiger partial charge < -0.3 is 0 Å². The Morgan fingerprint density at radius 2 is 1.21 bits per heavy atom. The fourth-order valence-corrected chi connectivity index (χ4v) is 2.51. The Hall–Kier alpha value is -1.64. The van der Waals surface area contributed by atoms with Gasteiger partial charge in [0.1, 0.15) is 6.10 Å². The molecule has 19 heavy (non-hydrogen) atoms. The summed E-state index contributed by atoms with van der Waals surface area (Å²) in [5.41, 5.74) is 2.42. The van der Waals surface area contributed by atoms with E-state index in [1.807, 2.05) is 12.1 Å². The molecule has 0 aliphatic carbocycles. The summed E-state index contributed by atoms with van der Waals surface area (Å²) in [6, 6.07) is 20.9. The maximum absolute atomic E-state index is 6.22. The highest BCUT2D eigenvalue weighted by molar-refractivity contribution is 5.29. The standard InChI is InChI=1S/C17H19NO/c1-3-9-15(10-4-1)17(16-11-5-2-6-12-16)19-18-13-7-8-14-18/h1-6,9-12,17H,7-8,13-14H2. The summed E-state index contributed by atoms with van der Waals surface area (Å²) in [6.07, 6.45) is 2.47. The van der Waals surface area contributed by atoms with E-state index in [0.29, 0.717) is 0 Å². The molecule has 2 aromatic rings. The summed E-state index contributed by atoms with van der Waals surface area (Å²) in [7, 11) is 0. The molecule has 1 fully saturated rings. The zero-order chi connectivity index (χ0) is 12.9. The van der Waals surface area contributed by atoms with Gasteiger partial charge in [-0.25, -0.2) is 0 Å². The number of rotatable bonds is 4. The summed E-state index contributed by atoms with van der Waals surface area (Å²) in [6.45, 7) is 2.08. The minimum Gasteiger partial charge on any atom is -0.286 e. The summed E-state index contributed by atoms with van der Waals surface area (Å²) < 4.78 is 0. The third-order valence-electron chi connectivity index (χ3n) is 3.52. The first-order chi connectivity index (χ1) is 9.43. The molecule has 2 heteroatoms. The van der Waals surface area contributed by atoms with Gasteiger partial charge in [-0.05, 0) is 24.0 Å². The average molecular weight is 253 g/mol. The van der Waals surface area contributed by atoms with Crippen molar-refractivity contribution < 1.29 is 4.84 Å². The molecular formula is C17H19NO. The molecule has 98 valence electrons. The predicted molar refractivity (Wildman–Crippen MR) is 76.6 cm³/mol. The molecule has 0 aromatic heterocycles. The zero-order valence-electron chi connectivity index (χ0n) is 11.0. The van der Waals surface area contributed by atoms with E-state index in [-0.39, 0.29) is 6.10 Å².